The Hall–Kier alpha value is -0.353. The van der Waals surface area contributed by atoms with Crippen LogP contribution in [0, 0.1) is 0 Å². The van der Waals surface area contributed by atoms with Gasteiger partial charge in [-0.25, -0.2) is 0 Å². The molecule has 0 aliphatic rings. The van der Waals surface area contributed by atoms with E-state index in [0.717, 1.165) is 12.8 Å². The highest BCUT2D eigenvalue weighted by Gasteiger charge is 1.99. The van der Waals surface area contributed by atoms with E-state index in [2.05, 4.69) is 4.74 Å². The summed E-state index contributed by atoms with van der Waals surface area (Å²) in [7, 11) is 3.90. The van der Waals surface area contributed by atoms with Gasteiger partial charge in [0.25, 0.3) is 0 Å². The molecule has 3 nitrogen and oxygen atoms in total. The van der Waals surface area contributed by atoms with Crippen molar-refractivity contribution in [3.63, 3.8) is 0 Å². The molecule has 0 amide bonds. The van der Waals surface area contributed by atoms with Crippen molar-refractivity contribution in [1.29, 1.82) is 0 Å². The third kappa shape index (κ3) is 13.6. The Kier molecular flexibility index (Phi) is 13.4. The molecule has 0 aromatic rings. The topological polar surface area (TPSA) is 35.5 Å². The summed E-state index contributed by atoms with van der Waals surface area (Å²) in [6.07, 6.45) is 10.5. The van der Waals surface area contributed by atoms with Gasteiger partial charge < -0.3 is 9.16 Å². The van der Waals surface area contributed by atoms with Crippen LogP contribution in [0.25, 0.3) is 0 Å². The number of rotatable bonds is 12. The second-order valence-electron chi connectivity index (χ2n) is 4.25. The predicted octanol–water partition coefficient (Wildman–Crippen LogP) is 3.35. The average Bonchev–Trinajstić information content (AvgIpc) is 2.35. The third-order valence-electron chi connectivity index (χ3n) is 2.78. The van der Waals surface area contributed by atoms with E-state index in [1.54, 1.807) is 7.11 Å². The molecule has 0 fully saturated rings. The number of ether oxygens (including phenoxy) is 1. The smallest absolute Gasteiger partial charge is 0.305 e. The van der Waals surface area contributed by atoms with Crippen molar-refractivity contribution >= 4 is 15.7 Å². The van der Waals surface area contributed by atoms with Crippen molar-refractivity contribution in [2.75, 3.05) is 14.2 Å². The standard InChI is InChI=1S/C13H26O3Si/c1-15-13(14)11-9-7-5-3-4-6-8-10-12-17-16-2/h3-12H2,1-2H3. The molecule has 0 N–H and O–H groups in total. The molecule has 0 aromatic carbocycles. The first-order chi connectivity index (χ1) is 8.31. The van der Waals surface area contributed by atoms with Gasteiger partial charge in [-0.05, 0) is 12.5 Å². The Labute approximate surface area is 108 Å². The SMILES string of the molecule is CO[Si]CCCCCCCCCCC(=O)OC. The Morgan fingerprint density at radius 2 is 1.41 bits per heavy atom. The molecular formula is C13H26O3Si. The van der Waals surface area contributed by atoms with Gasteiger partial charge in [-0.1, -0.05) is 44.9 Å². The van der Waals surface area contributed by atoms with Gasteiger partial charge in [-0.3, -0.25) is 4.79 Å². The molecule has 0 aliphatic heterocycles. The molecule has 0 unspecified atom stereocenters. The molecule has 0 aromatic heterocycles. The zero-order valence-electron chi connectivity index (χ0n) is 11.3. The van der Waals surface area contributed by atoms with Crippen molar-refractivity contribution in [1.82, 2.24) is 0 Å². The summed E-state index contributed by atoms with van der Waals surface area (Å²) in [6.45, 7) is 0. The van der Waals surface area contributed by atoms with Crippen molar-refractivity contribution in [3.05, 3.63) is 0 Å². The summed E-state index contributed by atoms with van der Waals surface area (Å²) in [4.78, 5) is 10.8. The zero-order chi connectivity index (χ0) is 12.8. The van der Waals surface area contributed by atoms with Gasteiger partial charge >= 0.3 is 5.97 Å². The second kappa shape index (κ2) is 13.7. The maximum Gasteiger partial charge on any atom is 0.305 e. The lowest BCUT2D eigenvalue weighted by atomic mass is 10.1. The van der Waals surface area contributed by atoms with Gasteiger partial charge in [-0.15, -0.1) is 0 Å². The molecule has 2 radical (unpaired) electrons. The highest BCUT2D eigenvalue weighted by atomic mass is 28.2. The molecule has 0 heterocycles. The summed E-state index contributed by atoms with van der Waals surface area (Å²) in [5.74, 6) is -0.0797. The highest BCUT2D eigenvalue weighted by Crippen LogP contribution is 2.10. The monoisotopic (exact) mass is 258 g/mol. The minimum Gasteiger partial charge on any atom is -0.469 e. The van der Waals surface area contributed by atoms with E-state index >= 15 is 0 Å². The van der Waals surface area contributed by atoms with E-state index in [-0.39, 0.29) is 5.97 Å². The number of hydrogen-bond donors (Lipinski definition) is 0. The van der Waals surface area contributed by atoms with Crippen LogP contribution >= 0.6 is 0 Å². The van der Waals surface area contributed by atoms with Crippen molar-refractivity contribution in [2.45, 2.75) is 63.8 Å². The Balaban J connectivity index is 2.96. The Morgan fingerprint density at radius 3 is 1.94 bits per heavy atom. The molecular weight excluding hydrogens is 232 g/mol. The molecule has 100 valence electrons. The van der Waals surface area contributed by atoms with Gasteiger partial charge in [0, 0.05) is 13.5 Å². The Morgan fingerprint density at radius 1 is 0.882 bits per heavy atom. The van der Waals surface area contributed by atoms with E-state index < -0.39 is 0 Å². The van der Waals surface area contributed by atoms with Gasteiger partial charge in [0.1, 0.15) is 0 Å². The molecule has 4 heteroatoms. The fourth-order valence-corrected chi connectivity index (χ4v) is 2.33. The minimum atomic E-state index is -0.0797. The first kappa shape index (κ1) is 16.6. The van der Waals surface area contributed by atoms with E-state index in [1.807, 2.05) is 0 Å². The minimum absolute atomic E-state index is 0.0797. The summed E-state index contributed by atoms with van der Waals surface area (Å²) in [5.41, 5.74) is 0. The molecule has 17 heavy (non-hydrogen) atoms. The van der Waals surface area contributed by atoms with Crippen LogP contribution < -0.4 is 0 Å². The number of methoxy groups -OCH3 is 1. The summed E-state index contributed by atoms with van der Waals surface area (Å²) < 4.78 is 9.63. The van der Waals surface area contributed by atoms with Gasteiger partial charge in [-0.2, -0.15) is 0 Å². The lowest BCUT2D eigenvalue weighted by molar-refractivity contribution is -0.140. The summed E-state index contributed by atoms with van der Waals surface area (Å²) in [6, 6.07) is 1.22. The first-order valence-corrected chi connectivity index (χ1v) is 7.75. The Bertz CT molecular complexity index is 174. The molecule has 0 aliphatic carbocycles. The number of unbranched alkanes of at least 4 members (excludes halogenated alkanes) is 7. The molecule has 0 rings (SSSR count). The molecule has 0 bridgehead atoms. The van der Waals surface area contributed by atoms with Crippen LogP contribution in [0.2, 0.25) is 6.04 Å². The van der Waals surface area contributed by atoms with Crippen LogP contribution in [0.1, 0.15) is 57.8 Å². The van der Waals surface area contributed by atoms with Crippen LogP contribution in [0.15, 0.2) is 0 Å². The first-order valence-electron chi connectivity index (χ1n) is 6.64. The molecule has 0 atom stereocenters. The maximum atomic E-state index is 10.8. The predicted molar refractivity (Wildman–Crippen MR) is 71.1 cm³/mol. The normalized spacial score (nSPS) is 10.5. The second-order valence-corrected chi connectivity index (χ2v) is 5.45. The molecule has 0 saturated carbocycles. The third-order valence-corrected chi connectivity index (χ3v) is 3.63. The summed E-state index contributed by atoms with van der Waals surface area (Å²) in [5, 5.41) is 0. The van der Waals surface area contributed by atoms with Gasteiger partial charge in [0.15, 0.2) is 0 Å². The number of carbonyl (C=O) groups excluding carboxylic acids is 1. The maximum absolute atomic E-state index is 10.8. The van der Waals surface area contributed by atoms with Crippen LogP contribution in [-0.2, 0) is 14.0 Å². The van der Waals surface area contributed by atoms with Crippen LogP contribution in [0.5, 0.6) is 0 Å². The largest absolute Gasteiger partial charge is 0.469 e. The number of esters is 1. The van der Waals surface area contributed by atoms with E-state index in [1.165, 1.54) is 51.7 Å². The lowest BCUT2D eigenvalue weighted by Gasteiger charge is -2.02. The van der Waals surface area contributed by atoms with E-state index in [9.17, 15) is 4.79 Å². The molecule has 0 saturated heterocycles. The fraction of sp³-hybridized carbons (Fsp3) is 0.923. The number of hydrogen-bond acceptors (Lipinski definition) is 3. The van der Waals surface area contributed by atoms with Crippen LogP contribution in [-0.4, -0.2) is 30.0 Å². The van der Waals surface area contributed by atoms with Crippen LogP contribution in [0.3, 0.4) is 0 Å². The van der Waals surface area contributed by atoms with Gasteiger partial charge in [0.2, 0.25) is 9.76 Å². The van der Waals surface area contributed by atoms with Crippen molar-refractivity contribution in [3.8, 4) is 0 Å². The van der Waals surface area contributed by atoms with E-state index in [0.29, 0.717) is 16.2 Å². The van der Waals surface area contributed by atoms with Crippen molar-refractivity contribution < 1.29 is 14.0 Å². The fourth-order valence-electron chi connectivity index (χ4n) is 1.73. The van der Waals surface area contributed by atoms with Crippen LogP contribution in [0.4, 0.5) is 0 Å². The van der Waals surface area contributed by atoms with Gasteiger partial charge in [0.05, 0.1) is 7.11 Å². The summed E-state index contributed by atoms with van der Waals surface area (Å²) >= 11 is 0. The quantitative estimate of drug-likeness (QED) is 0.306. The van der Waals surface area contributed by atoms with E-state index in [4.69, 9.17) is 4.43 Å². The zero-order valence-corrected chi connectivity index (χ0v) is 12.3. The number of carbonyl (C=O) groups is 1. The average molecular weight is 258 g/mol. The van der Waals surface area contributed by atoms with Crippen molar-refractivity contribution in [2.24, 2.45) is 0 Å². The lowest BCUT2D eigenvalue weighted by Crippen LogP contribution is -1.99. The highest BCUT2D eigenvalue weighted by molar-refractivity contribution is 6.26. The molecule has 0 spiro atoms.